The van der Waals surface area contributed by atoms with Crippen LogP contribution in [-0.4, -0.2) is 35.2 Å². The van der Waals surface area contributed by atoms with Gasteiger partial charge in [0.2, 0.25) is 5.91 Å². The Kier molecular flexibility index (Phi) is 4.07. The number of fused-ring (bicyclic) bond motifs is 2. The van der Waals surface area contributed by atoms with E-state index in [-0.39, 0.29) is 49.2 Å². The van der Waals surface area contributed by atoms with Crippen LogP contribution in [-0.2, 0) is 4.79 Å². The molecule has 3 saturated carbocycles. The molecule has 0 radical (unpaired) electrons. The third kappa shape index (κ3) is 2.63. The number of nitrogens with zero attached hydrogens (tertiary/aromatic N) is 1. The number of amides is 1. The molecule has 130 valence electrons. The Hall–Kier alpha value is -1.49. The molecule has 24 heavy (non-hydrogen) atoms. The lowest BCUT2D eigenvalue weighted by molar-refractivity contribution is -0.147. The molecule has 3 unspecified atom stereocenters. The number of halogens is 2. The molecular formula is C19H23F2NO2. The fourth-order valence-corrected chi connectivity index (χ4v) is 4.93. The molecule has 0 aromatic heterocycles. The maximum Gasteiger partial charge on any atom is 0.226 e. The molecule has 1 amide bonds. The molecule has 4 aliphatic rings. The van der Waals surface area contributed by atoms with Gasteiger partial charge < -0.3 is 10.0 Å². The summed E-state index contributed by atoms with van der Waals surface area (Å²) in [6.45, 7) is 0.219. The fourth-order valence-electron chi connectivity index (χ4n) is 4.93. The van der Waals surface area contributed by atoms with Crippen molar-refractivity contribution in [2.45, 2.75) is 37.9 Å². The van der Waals surface area contributed by atoms with Crippen molar-refractivity contribution in [1.29, 1.82) is 0 Å². The van der Waals surface area contributed by atoms with Gasteiger partial charge in [-0.25, -0.2) is 8.78 Å². The van der Waals surface area contributed by atoms with E-state index in [1.165, 1.54) is 12.1 Å². The van der Waals surface area contributed by atoms with Crippen molar-refractivity contribution in [3.05, 3.63) is 35.6 Å². The lowest BCUT2D eigenvalue weighted by atomic mass is 9.55. The fraction of sp³-hybridized carbons (Fsp3) is 0.632. The van der Waals surface area contributed by atoms with E-state index in [0.717, 1.165) is 12.8 Å². The molecule has 2 bridgehead atoms. The van der Waals surface area contributed by atoms with Gasteiger partial charge in [-0.05, 0) is 54.7 Å². The Balaban J connectivity index is 1.56. The highest BCUT2D eigenvalue weighted by Crippen LogP contribution is 2.53. The zero-order chi connectivity index (χ0) is 16.8. The second-order valence-corrected chi connectivity index (χ2v) is 7.67. The number of aliphatic hydroxyl groups excluding tert-OH is 1. The molecular weight excluding hydrogens is 312 g/mol. The Morgan fingerprint density at radius 2 is 2.00 bits per heavy atom. The maximum atomic E-state index is 14.1. The van der Waals surface area contributed by atoms with Crippen LogP contribution in [0.15, 0.2) is 24.3 Å². The molecule has 1 N–H and O–H groups in total. The van der Waals surface area contributed by atoms with Crippen LogP contribution in [0, 0.1) is 29.5 Å². The number of likely N-dealkylation sites (tertiary alicyclic amines) is 1. The second kappa shape index (κ2) is 6.10. The normalized spacial score (nSPS) is 38.0. The van der Waals surface area contributed by atoms with Gasteiger partial charge in [0.25, 0.3) is 0 Å². The van der Waals surface area contributed by atoms with Gasteiger partial charge in [-0.3, -0.25) is 4.79 Å². The second-order valence-electron chi connectivity index (χ2n) is 7.67. The summed E-state index contributed by atoms with van der Waals surface area (Å²) in [6.07, 6.45) is 1.87. The first-order valence-corrected chi connectivity index (χ1v) is 8.87. The van der Waals surface area contributed by atoms with Crippen molar-refractivity contribution in [2.75, 3.05) is 13.2 Å². The van der Waals surface area contributed by atoms with Crippen LogP contribution in [0.4, 0.5) is 8.78 Å². The first-order chi connectivity index (χ1) is 11.6. The molecule has 1 heterocycles. The SMILES string of the molecule is O=C([C@H]1CC(CO)C2CC1C2)N1CC(F)CC1c1cccc(F)c1. The van der Waals surface area contributed by atoms with Crippen LogP contribution in [0.3, 0.4) is 0 Å². The predicted octanol–water partition coefficient (Wildman–Crippen LogP) is 3.09. The number of carbonyl (C=O) groups is 1. The number of hydrogen-bond acceptors (Lipinski definition) is 2. The van der Waals surface area contributed by atoms with Crippen molar-refractivity contribution in [2.24, 2.45) is 23.7 Å². The maximum absolute atomic E-state index is 14.1. The van der Waals surface area contributed by atoms with E-state index in [1.54, 1.807) is 17.0 Å². The van der Waals surface area contributed by atoms with Gasteiger partial charge in [0.1, 0.15) is 12.0 Å². The van der Waals surface area contributed by atoms with Crippen LogP contribution in [0.25, 0.3) is 0 Å². The van der Waals surface area contributed by atoms with Gasteiger partial charge in [-0.15, -0.1) is 0 Å². The minimum Gasteiger partial charge on any atom is -0.396 e. The third-order valence-corrected chi connectivity index (χ3v) is 6.32. The number of aliphatic hydroxyl groups is 1. The predicted molar refractivity (Wildman–Crippen MR) is 85.3 cm³/mol. The van der Waals surface area contributed by atoms with E-state index in [4.69, 9.17) is 0 Å². The van der Waals surface area contributed by atoms with E-state index in [9.17, 15) is 18.7 Å². The summed E-state index contributed by atoms with van der Waals surface area (Å²) >= 11 is 0. The summed E-state index contributed by atoms with van der Waals surface area (Å²) in [5.74, 6) is 0.634. The minimum atomic E-state index is -1.06. The first kappa shape index (κ1) is 16.0. The molecule has 1 aromatic rings. The van der Waals surface area contributed by atoms with E-state index in [1.807, 2.05) is 0 Å². The van der Waals surface area contributed by atoms with E-state index < -0.39 is 6.17 Å². The van der Waals surface area contributed by atoms with Crippen molar-refractivity contribution >= 4 is 5.91 Å². The Morgan fingerprint density at radius 1 is 1.21 bits per heavy atom. The van der Waals surface area contributed by atoms with Crippen LogP contribution in [0.1, 0.15) is 37.3 Å². The summed E-state index contributed by atoms with van der Waals surface area (Å²) in [6, 6.07) is 5.76. The molecule has 4 fully saturated rings. The number of hydrogen-bond donors (Lipinski definition) is 1. The van der Waals surface area contributed by atoms with Crippen molar-refractivity contribution in [1.82, 2.24) is 4.90 Å². The van der Waals surface area contributed by atoms with Gasteiger partial charge >= 0.3 is 0 Å². The Bertz CT molecular complexity index is 632. The Labute approximate surface area is 140 Å². The molecule has 0 spiro atoms. The first-order valence-electron chi connectivity index (χ1n) is 8.87. The van der Waals surface area contributed by atoms with E-state index >= 15 is 0 Å². The molecule has 4 atom stereocenters. The average molecular weight is 335 g/mol. The van der Waals surface area contributed by atoms with Crippen molar-refractivity contribution in [3.63, 3.8) is 0 Å². The largest absolute Gasteiger partial charge is 0.396 e. The topological polar surface area (TPSA) is 40.5 Å². The molecule has 3 nitrogen and oxygen atoms in total. The number of rotatable bonds is 3. The average Bonchev–Trinajstić information content (AvgIpc) is 2.94. The number of carbonyl (C=O) groups excluding carboxylic acids is 1. The van der Waals surface area contributed by atoms with E-state index in [2.05, 4.69) is 0 Å². The molecule has 5 heteroatoms. The zero-order valence-electron chi connectivity index (χ0n) is 13.6. The van der Waals surface area contributed by atoms with E-state index in [0.29, 0.717) is 23.8 Å². The lowest BCUT2D eigenvalue weighted by Crippen LogP contribution is -2.50. The van der Waals surface area contributed by atoms with Crippen LogP contribution >= 0.6 is 0 Å². The summed E-state index contributed by atoms with van der Waals surface area (Å²) in [5.41, 5.74) is 0.671. The smallest absolute Gasteiger partial charge is 0.226 e. The standard InChI is InChI=1S/C19H23F2NO2/c20-15-3-1-2-11(6-15)18-8-16(21)9-22(18)19(24)17-7-14(10-23)12-4-13(17)5-12/h1-3,6,12-14,16-18,23H,4-5,7-10H2/t12?,13?,14?,16?,17-,18?/m0/s1. The van der Waals surface area contributed by atoms with Crippen molar-refractivity contribution in [3.8, 4) is 0 Å². The summed E-state index contributed by atoms with van der Waals surface area (Å²) < 4.78 is 27.6. The molecule has 1 aliphatic heterocycles. The summed E-state index contributed by atoms with van der Waals surface area (Å²) in [5, 5.41) is 9.53. The highest BCUT2D eigenvalue weighted by Gasteiger charge is 2.50. The highest BCUT2D eigenvalue weighted by molar-refractivity contribution is 5.80. The van der Waals surface area contributed by atoms with Gasteiger partial charge in [0, 0.05) is 18.9 Å². The number of benzene rings is 1. The minimum absolute atomic E-state index is 0.00832. The molecule has 3 aliphatic carbocycles. The van der Waals surface area contributed by atoms with Crippen LogP contribution in [0.2, 0.25) is 0 Å². The van der Waals surface area contributed by atoms with Crippen molar-refractivity contribution < 1.29 is 18.7 Å². The monoisotopic (exact) mass is 335 g/mol. The highest BCUT2D eigenvalue weighted by atomic mass is 19.1. The molecule has 5 rings (SSSR count). The van der Waals surface area contributed by atoms with Gasteiger partial charge in [-0.2, -0.15) is 0 Å². The third-order valence-electron chi connectivity index (χ3n) is 6.32. The Morgan fingerprint density at radius 3 is 2.71 bits per heavy atom. The summed E-state index contributed by atoms with van der Waals surface area (Å²) in [7, 11) is 0. The molecule has 1 saturated heterocycles. The summed E-state index contributed by atoms with van der Waals surface area (Å²) in [4.78, 5) is 14.7. The lowest BCUT2D eigenvalue weighted by Gasteiger charge is -2.51. The van der Waals surface area contributed by atoms with Crippen LogP contribution < -0.4 is 0 Å². The molecule has 1 aromatic carbocycles. The van der Waals surface area contributed by atoms with Gasteiger partial charge in [0.05, 0.1) is 12.6 Å². The quantitative estimate of drug-likeness (QED) is 0.922. The van der Waals surface area contributed by atoms with Gasteiger partial charge in [0.15, 0.2) is 0 Å². The van der Waals surface area contributed by atoms with Gasteiger partial charge in [-0.1, -0.05) is 12.1 Å². The zero-order valence-corrected chi connectivity index (χ0v) is 13.6. The van der Waals surface area contributed by atoms with Crippen LogP contribution in [0.5, 0.6) is 0 Å². The number of alkyl halides is 1.